The van der Waals surface area contributed by atoms with Gasteiger partial charge in [-0.1, -0.05) is 30.3 Å². The van der Waals surface area contributed by atoms with Crippen LogP contribution in [0.5, 0.6) is 0 Å². The van der Waals surface area contributed by atoms with Crippen molar-refractivity contribution < 1.29 is 9.84 Å². The minimum Gasteiger partial charge on any atom is -0.386 e. The quantitative estimate of drug-likeness (QED) is 0.727. The highest BCUT2D eigenvalue weighted by atomic mass is 35.5. The number of benzene rings is 1. The van der Waals surface area contributed by atoms with E-state index in [0.717, 1.165) is 12.1 Å². The smallest absolute Gasteiger partial charge is 0.102 e. The fourth-order valence-corrected chi connectivity index (χ4v) is 1.14. The molecule has 15 heavy (non-hydrogen) atoms. The topological polar surface area (TPSA) is 41.5 Å². The van der Waals surface area contributed by atoms with E-state index in [4.69, 9.17) is 4.74 Å². The Labute approximate surface area is 96.9 Å². The Balaban J connectivity index is 0.00000196. The van der Waals surface area contributed by atoms with Gasteiger partial charge in [0.05, 0.1) is 13.2 Å². The van der Waals surface area contributed by atoms with Gasteiger partial charge >= 0.3 is 0 Å². The summed E-state index contributed by atoms with van der Waals surface area (Å²) in [5.41, 5.74) is 0.900. The number of likely N-dealkylation sites (N-methyl/N-ethyl adjacent to an activating group) is 1. The first-order chi connectivity index (χ1) is 6.84. The number of hydrogen-bond donors (Lipinski definition) is 2. The number of ether oxygens (including phenoxy) is 1. The lowest BCUT2D eigenvalue weighted by molar-refractivity contribution is 0.0378. The van der Waals surface area contributed by atoms with Gasteiger partial charge in [-0.15, -0.1) is 12.4 Å². The maximum atomic E-state index is 9.67. The van der Waals surface area contributed by atoms with Crippen molar-refractivity contribution in [3.05, 3.63) is 35.9 Å². The van der Waals surface area contributed by atoms with Crippen LogP contribution in [-0.2, 0) is 4.74 Å². The van der Waals surface area contributed by atoms with Crippen LogP contribution in [0.3, 0.4) is 0 Å². The van der Waals surface area contributed by atoms with Crippen LogP contribution in [0.25, 0.3) is 0 Å². The number of aliphatic hydroxyl groups is 1. The van der Waals surface area contributed by atoms with Crippen molar-refractivity contribution in [1.29, 1.82) is 0 Å². The second kappa shape index (κ2) is 8.68. The largest absolute Gasteiger partial charge is 0.386 e. The second-order valence-electron chi connectivity index (χ2n) is 3.10. The van der Waals surface area contributed by atoms with Gasteiger partial charge in [0.2, 0.25) is 0 Å². The van der Waals surface area contributed by atoms with Gasteiger partial charge in [0, 0.05) is 6.54 Å². The van der Waals surface area contributed by atoms with E-state index < -0.39 is 6.10 Å². The molecule has 0 aliphatic heterocycles. The molecule has 3 nitrogen and oxygen atoms in total. The predicted molar refractivity (Wildman–Crippen MR) is 63.4 cm³/mol. The fourth-order valence-electron chi connectivity index (χ4n) is 1.14. The number of aliphatic hydroxyl groups excluding tert-OH is 1. The molecule has 0 amide bonds. The molecular weight excluding hydrogens is 214 g/mol. The lowest BCUT2D eigenvalue weighted by Gasteiger charge is -2.11. The summed E-state index contributed by atoms with van der Waals surface area (Å²) in [6.07, 6.45) is -0.520. The summed E-state index contributed by atoms with van der Waals surface area (Å²) in [6, 6.07) is 9.54. The van der Waals surface area contributed by atoms with Crippen molar-refractivity contribution in [3.8, 4) is 0 Å². The van der Waals surface area contributed by atoms with Crippen molar-refractivity contribution in [3.63, 3.8) is 0 Å². The van der Waals surface area contributed by atoms with Crippen LogP contribution in [0.15, 0.2) is 30.3 Å². The highest BCUT2D eigenvalue weighted by Crippen LogP contribution is 2.11. The zero-order valence-corrected chi connectivity index (χ0v) is 9.67. The molecule has 1 atom stereocenters. The lowest BCUT2D eigenvalue weighted by atomic mass is 10.1. The molecule has 4 heteroatoms. The van der Waals surface area contributed by atoms with Crippen molar-refractivity contribution in [2.45, 2.75) is 6.10 Å². The zero-order valence-electron chi connectivity index (χ0n) is 8.85. The molecular formula is C11H18ClNO2. The first-order valence-electron chi connectivity index (χ1n) is 4.80. The molecule has 0 saturated carbocycles. The van der Waals surface area contributed by atoms with Gasteiger partial charge in [-0.3, -0.25) is 0 Å². The summed E-state index contributed by atoms with van der Waals surface area (Å²) < 4.78 is 5.28. The second-order valence-corrected chi connectivity index (χ2v) is 3.10. The average Bonchev–Trinajstić information content (AvgIpc) is 2.25. The Morgan fingerprint density at radius 1 is 1.33 bits per heavy atom. The molecule has 0 fully saturated rings. The summed E-state index contributed by atoms with van der Waals surface area (Å²) in [6.45, 7) is 1.79. The van der Waals surface area contributed by atoms with Gasteiger partial charge in [-0.05, 0) is 12.6 Å². The van der Waals surface area contributed by atoms with Gasteiger partial charge in [0.15, 0.2) is 0 Å². The van der Waals surface area contributed by atoms with E-state index in [1.807, 2.05) is 37.4 Å². The van der Waals surface area contributed by atoms with Crippen molar-refractivity contribution in [2.24, 2.45) is 0 Å². The third kappa shape index (κ3) is 5.74. The van der Waals surface area contributed by atoms with Crippen molar-refractivity contribution in [1.82, 2.24) is 5.32 Å². The van der Waals surface area contributed by atoms with E-state index in [0.29, 0.717) is 13.2 Å². The first-order valence-corrected chi connectivity index (χ1v) is 4.80. The van der Waals surface area contributed by atoms with Gasteiger partial charge in [-0.25, -0.2) is 0 Å². The molecule has 0 aliphatic rings. The molecule has 2 N–H and O–H groups in total. The molecule has 1 aromatic rings. The number of hydrogen-bond acceptors (Lipinski definition) is 3. The van der Waals surface area contributed by atoms with Gasteiger partial charge in [0.25, 0.3) is 0 Å². The molecule has 0 bridgehead atoms. The summed E-state index contributed by atoms with van der Waals surface area (Å²) >= 11 is 0. The summed E-state index contributed by atoms with van der Waals surface area (Å²) in [7, 11) is 1.87. The molecule has 1 aromatic carbocycles. The van der Waals surface area contributed by atoms with Crippen LogP contribution in [0.2, 0.25) is 0 Å². The van der Waals surface area contributed by atoms with E-state index in [1.165, 1.54) is 0 Å². The highest BCUT2D eigenvalue weighted by molar-refractivity contribution is 5.85. The predicted octanol–water partition coefficient (Wildman–Crippen LogP) is 1.38. The van der Waals surface area contributed by atoms with E-state index in [-0.39, 0.29) is 12.4 Å². The van der Waals surface area contributed by atoms with Crippen molar-refractivity contribution in [2.75, 3.05) is 26.8 Å². The molecule has 1 unspecified atom stereocenters. The third-order valence-electron chi connectivity index (χ3n) is 1.96. The molecule has 0 spiro atoms. The van der Waals surface area contributed by atoms with E-state index in [9.17, 15) is 5.11 Å². The first kappa shape index (κ1) is 14.4. The van der Waals surface area contributed by atoms with Gasteiger partial charge < -0.3 is 15.2 Å². The molecule has 86 valence electrons. The number of halogens is 1. The minimum atomic E-state index is -0.520. The summed E-state index contributed by atoms with van der Waals surface area (Å²) in [5.74, 6) is 0. The molecule has 0 radical (unpaired) electrons. The van der Waals surface area contributed by atoms with E-state index in [1.54, 1.807) is 0 Å². The normalized spacial score (nSPS) is 11.9. The third-order valence-corrected chi connectivity index (χ3v) is 1.96. The number of rotatable bonds is 6. The summed E-state index contributed by atoms with van der Waals surface area (Å²) in [5, 5.41) is 12.6. The Morgan fingerprint density at radius 2 is 2.00 bits per heavy atom. The lowest BCUT2D eigenvalue weighted by Crippen LogP contribution is -2.16. The zero-order chi connectivity index (χ0) is 10.2. The van der Waals surface area contributed by atoms with E-state index >= 15 is 0 Å². The minimum absolute atomic E-state index is 0. The van der Waals surface area contributed by atoms with E-state index in [2.05, 4.69) is 5.32 Å². The average molecular weight is 232 g/mol. The van der Waals surface area contributed by atoms with Crippen LogP contribution < -0.4 is 5.32 Å². The SMILES string of the molecule is CNCCOCC(O)c1ccccc1.Cl. The fraction of sp³-hybridized carbons (Fsp3) is 0.455. The molecule has 0 saturated heterocycles. The molecule has 0 aliphatic carbocycles. The standard InChI is InChI=1S/C11H17NO2.ClH/c1-12-7-8-14-9-11(13)10-5-3-2-4-6-10;/h2-6,11-13H,7-9H2,1H3;1H. The molecule has 0 aromatic heterocycles. The highest BCUT2D eigenvalue weighted by Gasteiger charge is 2.05. The van der Waals surface area contributed by atoms with Crippen LogP contribution in [0.1, 0.15) is 11.7 Å². The van der Waals surface area contributed by atoms with Gasteiger partial charge in [0.1, 0.15) is 6.10 Å². The monoisotopic (exact) mass is 231 g/mol. The van der Waals surface area contributed by atoms with Crippen LogP contribution >= 0.6 is 12.4 Å². The molecule has 1 rings (SSSR count). The van der Waals surface area contributed by atoms with Crippen LogP contribution in [0.4, 0.5) is 0 Å². The maximum Gasteiger partial charge on any atom is 0.102 e. The Hall–Kier alpha value is -0.610. The van der Waals surface area contributed by atoms with Crippen LogP contribution in [-0.4, -0.2) is 31.9 Å². The Kier molecular flexibility index (Phi) is 8.33. The molecule has 0 heterocycles. The Bertz CT molecular complexity index is 244. The van der Waals surface area contributed by atoms with Crippen molar-refractivity contribution >= 4 is 12.4 Å². The maximum absolute atomic E-state index is 9.67. The summed E-state index contributed by atoms with van der Waals surface area (Å²) in [4.78, 5) is 0. The van der Waals surface area contributed by atoms with Gasteiger partial charge in [-0.2, -0.15) is 0 Å². The number of nitrogens with one attached hydrogen (secondary N) is 1. The Morgan fingerprint density at radius 3 is 2.60 bits per heavy atom. The van der Waals surface area contributed by atoms with Crippen LogP contribution in [0, 0.1) is 0 Å².